The van der Waals surface area contributed by atoms with Gasteiger partial charge in [0.15, 0.2) is 0 Å². The average Bonchev–Trinajstić information content (AvgIpc) is 2.38. The van der Waals surface area contributed by atoms with Gasteiger partial charge in [0.05, 0.1) is 6.61 Å². The molecule has 1 heterocycles. The van der Waals surface area contributed by atoms with Crippen LogP contribution in [0, 0.1) is 0 Å². The number of pyridine rings is 1. The van der Waals surface area contributed by atoms with Crippen molar-refractivity contribution in [2.75, 3.05) is 18.5 Å². The standard InChI is InChI=1S/C10H14N2O4.C2H6/c1-7(14)11-9-3-2-4-10(12-9)16-6-8(15)5-13;1-2/h2-4,8,13,15H,5-6H2,1H3,(H,11,12,14);1-2H3. The quantitative estimate of drug-likeness (QED) is 0.724. The van der Waals surface area contributed by atoms with Crippen LogP contribution in [0.3, 0.4) is 0 Å². The van der Waals surface area contributed by atoms with Crippen LogP contribution >= 0.6 is 0 Å². The van der Waals surface area contributed by atoms with E-state index in [1.807, 2.05) is 13.8 Å². The van der Waals surface area contributed by atoms with Gasteiger partial charge in [-0.05, 0) is 6.07 Å². The molecule has 0 spiro atoms. The van der Waals surface area contributed by atoms with Crippen LogP contribution in [0.4, 0.5) is 5.82 Å². The van der Waals surface area contributed by atoms with Crippen molar-refractivity contribution >= 4 is 11.7 Å². The highest BCUT2D eigenvalue weighted by atomic mass is 16.5. The molecule has 1 atom stereocenters. The molecule has 0 radical (unpaired) electrons. The van der Waals surface area contributed by atoms with Gasteiger partial charge in [-0.3, -0.25) is 4.79 Å². The van der Waals surface area contributed by atoms with Crippen LogP contribution in [-0.2, 0) is 4.79 Å². The fraction of sp³-hybridized carbons (Fsp3) is 0.500. The molecule has 0 aliphatic rings. The van der Waals surface area contributed by atoms with Gasteiger partial charge in [0.2, 0.25) is 11.8 Å². The molecule has 3 N–H and O–H groups in total. The Bertz CT molecular complexity index is 358. The lowest BCUT2D eigenvalue weighted by atomic mass is 10.4. The van der Waals surface area contributed by atoms with Gasteiger partial charge in [-0.1, -0.05) is 19.9 Å². The first-order valence-electron chi connectivity index (χ1n) is 5.78. The number of ether oxygens (including phenoxy) is 1. The number of amides is 1. The van der Waals surface area contributed by atoms with E-state index in [4.69, 9.17) is 14.9 Å². The van der Waals surface area contributed by atoms with Gasteiger partial charge in [0.25, 0.3) is 0 Å². The zero-order chi connectivity index (χ0) is 14.0. The fourth-order valence-corrected chi connectivity index (χ4v) is 0.979. The number of anilines is 1. The number of aliphatic hydroxyl groups is 2. The van der Waals surface area contributed by atoms with Crippen molar-refractivity contribution < 1.29 is 19.7 Å². The molecule has 102 valence electrons. The topological polar surface area (TPSA) is 91.7 Å². The summed E-state index contributed by atoms with van der Waals surface area (Å²) in [6.45, 7) is 4.96. The minimum Gasteiger partial charge on any atom is -0.475 e. The first kappa shape index (κ1) is 16.3. The summed E-state index contributed by atoms with van der Waals surface area (Å²) in [6.07, 6.45) is -0.939. The Balaban J connectivity index is 0.00000137. The van der Waals surface area contributed by atoms with Crippen LogP contribution in [0.25, 0.3) is 0 Å². The predicted octanol–water partition coefficient (Wildman–Crippen LogP) is 0.798. The van der Waals surface area contributed by atoms with E-state index in [0.29, 0.717) is 5.82 Å². The molecule has 0 aliphatic carbocycles. The van der Waals surface area contributed by atoms with Gasteiger partial charge < -0.3 is 20.3 Å². The molecule has 1 amide bonds. The molecule has 1 unspecified atom stereocenters. The van der Waals surface area contributed by atoms with E-state index in [2.05, 4.69) is 10.3 Å². The van der Waals surface area contributed by atoms with Crippen LogP contribution in [0.5, 0.6) is 5.88 Å². The Morgan fingerprint density at radius 2 is 2.17 bits per heavy atom. The maximum atomic E-state index is 10.8. The highest BCUT2D eigenvalue weighted by Gasteiger charge is 2.04. The zero-order valence-corrected chi connectivity index (χ0v) is 10.9. The maximum Gasteiger partial charge on any atom is 0.222 e. The Morgan fingerprint density at radius 1 is 1.50 bits per heavy atom. The summed E-state index contributed by atoms with van der Waals surface area (Å²) in [7, 11) is 0. The SMILES string of the molecule is CC.CC(=O)Nc1cccc(OCC(O)CO)n1. The summed E-state index contributed by atoms with van der Waals surface area (Å²) in [5.74, 6) is 0.433. The number of nitrogens with one attached hydrogen (secondary N) is 1. The van der Waals surface area contributed by atoms with Gasteiger partial charge in [-0.25, -0.2) is 0 Å². The lowest BCUT2D eigenvalue weighted by Gasteiger charge is -2.09. The predicted molar refractivity (Wildman–Crippen MR) is 68.5 cm³/mol. The fourth-order valence-electron chi connectivity index (χ4n) is 0.979. The molecule has 1 rings (SSSR count). The van der Waals surface area contributed by atoms with E-state index in [-0.39, 0.29) is 25.0 Å². The second-order valence-corrected chi connectivity index (χ2v) is 3.19. The van der Waals surface area contributed by atoms with Crippen LogP contribution < -0.4 is 10.1 Å². The average molecular weight is 256 g/mol. The number of aliphatic hydroxyl groups excluding tert-OH is 2. The van der Waals surface area contributed by atoms with Crippen molar-refractivity contribution in [3.05, 3.63) is 18.2 Å². The summed E-state index contributed by atoms with van der Waals surface area (Å²) in [5, 5.41) is 20.1. The molecule has 1 aromatic rings. The van der Waals surface area contributed by atoms with Crippen LogP contribution in [0.15, 0.2) is 18.2 Å². The lowest BCUT2D eigenvalue weighted by molar-refractivity contribution is -0.114. The van der Waals surface area contributed by atoms with Crippen LogP contribution in [0.1, 0.15) is 20.8 Å². The molecule has 0 aliphatic heterocycles. The summed E-state index contributed by atoms with van der Waals surface area (Å²) < 4.78 is 5.11. The van der Waals surface area contributed by atoms with Gasteiger partial charge in [-0.15, -0.1) is 0 Å². The second kappa shape index (κ2) is 9.38. The second-order valence-electron chi connectivity index (χ2n) is 3.19. The molecule has 1 aromatic heterocycles. The Labute approximate surface area is 107 Å². The number of carbonyl (C=O) groups is 1. The van der Waals surface area contributed by atoms with E-state index in [1.165, 1.54) is 6.92 Å². The molecule has 6 nitrogen and oxygen atoms in total. The Kier molecular flexibility index (Phi) is 8.51. The third-order valence-electron chi connectivity index (χ3n) is 1.66. The van der Waals surface area contributed by atoms with Crippen molar-refractivity contribution in [2.24, 2.45) is 0 Å². The number of aromatic nitrogens is 1. The minimum absolute atomic E-state index is 0.0486. The van der Waals surface area contributed by atoms with E-state index in [9.17, 15) is 4.79 Å². The van der Waals surface area contributed by atoms with Gasteiger partial charge in [-0.2, -0.15) is 4.98 Å². The highest BCUT2D eigenvalue weighted by molar-refractivity contribution is 5.87. The van der Waals surface area contributed by atoms with Crippen molar-refractivity contribution in [1.29, 1.82) is 0 Å². The number of hydrogen-bond donors (Lipinski definition) is 3. The van der Waals surface area contributed by atoms with E-state index in [0.717, 1.165) is 0 Å². The van der Waals surface area contributed by atoms with Crippen LogP contribution in [0.2, 0.25) is 0 Å². The van der Waals surface area contributed by atoms with Gasteiger partial charge >= 0.3 is 0 Å². The van der Waals surface area contributed by atoms with Crippen LogP contribution in [-0.4, -0.2) is 40.4 Å². The molecule has 0 fully saturated rings. The largest absolute Gasteiger partial charge is 0.475 e. The normalized spacial score (nSPS) is 10.9. The van der Waals surface area contributed by atoms with Crippen molar-refractivity contribution in [3.8, 4) is 5.88 Å². The lowest BCUT2D eigenvalue weighted by Crippen LogP contribution is -2.21. The van der Waals surface area contributed by atoms with E-state index < -0.39 is 6.10 Å². The highest BCUT2D eigenvalue weighted by Crippen LogP contribution is 2.11. The number of carbonyl (C=O) groups excluding carboxylic acids is 1. The summed E-state index contributed by atoms with van der Waals surface area (Å²) in [6, 6.07) is 4.88. The monoisotopic (exact) mass is 256 g/mol. The first-order chi connectivity index (χ1) is 8.61. The molecular weight excluding hydrogens is 236 g/mol. The summed E-state index contributed by atoms with van der Waals surface area (Å²) in [5.41, 5.74) is 0. The third kappa shape index (κ3) is 6.82. The first-order valence-corrected chi connectivity index (χ1v) is 5.78. The van der Waals surface area contributed by atoms with Gasteiger partial charge in [0.1, 0.15) is 18.5 Å². The molecule has 18 heavy (non-hydrogen) atoms. The summed E-state index contributed by atoms with van der Waals surface area (Å²) >= 11 is 0. The smallest absolute Gasteiger partial charge is 0.222 e. The zero-order valence-electron chi connectivity index (χ0n) is 10.9. The minimum atomic E-state index is -0.939. The number of nitrogens with zero attached hydrogens (tertiary/aromatic N) is 1. The molecule has 0 saturated carbocycles. The number of hydrogen-bond acceptors (Lipinski definition) is 5. The van der Waals surface area contributed by atoms with Crippen molar-refractivity contribution in [2.45, 2.75) is 26.9 Å². The Hall–Kier alpha value is -1.66. The molecular formula is C12H20N2O4. The van der Waals surface area contributed by atoms with Crippen molar-refractivity contribution in [3.63, 3.8) is 0 Å². The number of rotatable bonds is 5. The third-order valence-corrected chi connectivity index (χ3v) is 1.66. The van der Waals surface area contributed by atoms with Gasteiger partial charge in [0, 0.05) is 13.0 Å². The summed E-state index contributed by atoms with van der Waals surface area (Å²) in [4.78, 5) is 14.7. The van der Waals surface area contributed by atoms with Crippen molar-refractivity contribution in [1.82, 2.24) is 4.98 Å². The molecule has 6 heteroatoms. The molecule has 0 bridgehead atoms. The molecule has 0 aromatic carbocycles. The maximum absolute atomic E-state index is 10.8. The Morgan fingerprint density at radius 3 is 2.72 bits per heavy atom. The molecule has 0 saturated heterocycles. The van der Waals surface area contributed by atoms with E-state index >= 15 is 0 Å². The van der Waals surface area contributed by atoms with E-state index in [1.54, 1.807) is 18.2 Å².